The summed E-state index contributed by atoms with van der Waals surface area (Å²) in [6.07, 6.45) is 1.38. The van der Waals surface area contributed by atoms with Gasteiger partial charge in [-0.05, 0) is 48.6 Å². The number of alkyl carbamates (subject to hydrolysis) is 1. The zero-order valence-corrected chi connectivity index (χ0v) is 14.1. The Labute approximate surface area is 142 Å². The van der Waals surface area contributed by atoms with Crippen LogP contribution in [0.25, 0.3) is 0 Å². The van der Waals surface area contributed by atoms with E-state index in [-0.39, 0.29) is 18.1 Å². The van der Waals surface area contributed by atoms with Gasteiger partial charge >= 0.3 is 6.09 Å². The Morgan fingerprint density at radius 1 is 1.17 bits per heavy atom. The maximum atomic E-state index is 11.9. The SMILES string of the molecule is CCOC(=O)N[C@H]1Cc2ccccc2[C@H]1Cc1ccc(OC)cc1. The molecular weight excluding hydrogens is 302 g/mol. The number of ether oxygens (including phenoxy) is 2. The van der Waals surface area contributed by atoms with E-state index in [0.29, 0.717) is 6.61 Å². The van der Waals surface area contributed by atoms with E-state index in [1.165, 1.54) is 16.7 Å². The maximum Gasteiger partial charge on any atom is 0.407 e. The van der Waals surface area contributed by atoms with Gasteiger partial charge in [0.2, 0.25) is 0 Å². The summed E-state index contributed by atoms with van der Waals surface area (Å²) in [4.78, 5) is 11.9. The van der Waals surface area contributed by atoms with Crippen LogP contribution in [0, 0.1) is 0 Å². The second-order valence-electron chi connectivity index (χ2n) is 6.03. The van der Waals surface area contributed by atoms with Crippen LogP contribution in [0.3, 0.4) is 0 Å². The van der Waals surface area contributed by atoms with Gasteiger partial charge in [0.05, 0.1) is 13.7 Å². The first kappa shape index (κ1) is 16.4. The monoisotopic (exact) mass is 325 g/mol. The number of benzene rings is 2. The topological polar surface area (TPSA) is 47.6 Å². The predicted octanol–water partition coefficient (Wildman–Crippen LogP) is 3.69. The van der Waals surface area contributed by atoms with Crippen molar-refractivity contribution in [1.29, 1.82) is 0 Å². The largest absolute Gasteiger partial charge is 0.497 e. The van der Waals surface area contributed by atoms with Gasteiger partial charge in [0.25, 0.3) is 0 Å². The van der Waals surface area contributed by atoms with Gasteiger partial charge in [-0.3, -0.25) is 0 Å². The van der Waals surface area contributed by atoms with E-state index >= 15 is 0 Å². The smallest absolute Gasteiger partial charge is 0.407 e. The predicted molar refractivity (Wildman–Crippen MR) is 93.5 cm³/mol. The molecule has 2 atom stereocenters. The zero-order chi connectivity index (χ0) is 16.9. The highest BCUT2D eigenvalue weighted by molar-refractivity contribution is 5.68. The number of amides is 1. The van der Waals surface area contributed by atoms with Crippen LogP contribution in [0.2, 0.25) is 0 Å². The van der Waals surface area contributed by atoms with Crippen LogP contribution in [-0.2, 0) is 17.6 Å². The van der Waals surface area contributed by atoms with Crippen molar-refractivity contribution in [2.24, 2.45) is 0 Å². The lowest BCUT2D eigenvalue weighted by molar-refractivity contribution is 0.147. The quantitative estimate of drug-likeness (QED) is 0.912. The minimum atomic E-state index is -0.338. The summed E-state index contributed by atoms with van der Waals surface area (Å²) in [5.74, 6) is 1.10. The number of fused-ring (bicyclic) bond motifs is 1. The van der Waals surface area contributed by atoms with Crippen LogP contribution in [-0.4, -0.2) is 25.9 Å². The molecule has 0 bridgehead atoms. The molecule has 3 rings (SSSR count). The lowest BCUT2D eigenvalue weighted by atomic mass is 9.91. The summed E-state index contributed by atoms with van der Waals surface area (Å²) >= 11 is 0. The second-order valence-corrected chi connectivity index (χ2v) is 6.03. The molecule has 2 aromatic rings. The summed E-state index contributed by atoms with van der Waals surface area (Å²) < 4.78 is 10.3. The van der Waals surface area contributed by atoms with Crippen molar-refractivity contribution in [3.8, 4) is 5.75 Å². The highest BCUT2D eigenvalue weighted by Gasteiger charge is 2.33. The number of hydrogen-bond donors (Lipinski definition) is 1. The van der Waals surface area contributed by atoms with Gasteiger partial charge < -0.3 is 14.8 Å². The lowest BCUT2D eigenvalue weighted by Crippen LogP contribution is -2.38. The van der Waals surface area contributed by atoms with Crippen LogP contribution >= 0.6 is 0 Å². The van der Waals surface area contributed by atoms with E-state index in [2.05, 4.69) is 41.7 Å². The molecule has 0 saturated heterocycles. The molecule has 0 saturated carbocycles. The van der Waals surface area contributed by atoms with E-state index in [1.54, 1.807) is 7.11 Å². The van der Waals surface area contributed by atoms with Crippen LogP contribution in [0.4, 0.5) is 4.79 Å². The van der Waals surface area contributed by atoms with Crippen LogP contribution < -0.4 is 10.1 Å². The van der Waals surface area contributed by atoms with Crippen molar-refractivity contribution < 1.29 is 14.3 Å². The maximum absolute atomic E-state index is 11.9. The van der Waals surface area contributed by atoms with E-state index in [4.69, 9.17) is 9.47 Å². The Morgan fingerprint density at radius 2 is 1.92 bits per heavy atom. The third-order valence-corrected chi connectivity index (χ3v) is 4.57. The number of methoxy groups -OCH3 is 1. The van der Waals surface area contributed by atoms with Gasteiger partial charge in [0, 0.05) is 12.0 Å². The molecule has 4 heteroatoms. The summed E-state index contributed by atoms with van der Waals surface area (Å²) in [5, 5.41) is 3.03. The average molecular weight is 325 g/mol. The fourth-order valence-electron chi connectivity index (χ4n) is 3.42. The van der Waals surface area contributed by atoms with Gasteiger partial charge in [0.1, 0.15) is 5.75 Å². The number of nitrogens with one attached hydrogen (secondary N) is 1. The minimum Gasteiger partial charge on any atom is -0.497 e. The molecule has 4 nitrogen and oxygen atoms in total. The zero-order valence-electron chi connectivity index (χ0n) is 14.1. The van der Waals surface area contributed by atoms with Crippen molar-refractivity contribution in [3.05, 3.63) is 65.2 Å². The fourth-order valence-corrected chi connectivity index (χ4v) is 3.42. The molecule has 126 valence electrons. The highest BCUT2D eigenvalue weighted by atomic mass is 16.5. The first-order valence-corrected chi connectivity index (χ1v) is 8.35. The third-order valence-electron chi connectivity index (χ3n) is 4.57. The number of carbonyl (C=O) groups is 1. The summed E-state index contributed by atoms with van der Waals surface area (Å²) in [5.41, 5.74) is 3.85. The summed E-state index contributed by atoms with van der Waals surface area (Å²) in [7, 11) is 1.67. The molecule has 24 heavy (non-hydrogen) atoms. The lowest BCUT2D eigenvalue weighted by Gasteiger charge is -2.22. The first-order chi connectivity index (χ1) is 11.7. The van der Waals surface area contributed by atoms with E-state index in [9.17, 15) is 4.79 Å². The van der Waals surface area contributed by atoms with Crippen LogP contribution in [0.15, 0.2) is 48.5 Å². The highest BCUT2D eigenvalue weighted by Crippen LogP contribution is 2.36. The minimum absolute atomic E-state index is 0.0588. The van der Waals surface area contributed by atoms with Crippen LogP contribution in [0.1, 0.15) is 29.5 Å². The van der Waals surface area contributed by atoms with Gasteiger partial charge in [-0.15, -0.1) is 0 Å². The molecule has 0 radical (unpaired) electrons. The molecule has 2 aromatic carbocycles. The second kappa shape index (κ2) is 7.39. The Hall–Kier alpha value is -2.49. The number of carbonyl (C=O) groups excluding carboxylic acids is 1. The molecule has 0 fully saturated rings. The number of rotatable bonds is 5. The molecule has 0 heterocycles. The Morgan fingerprint density at radius 3 is 2.62 bits per heavy atom. The Balaban J connectivity index is 1.80. The fraction of sp³-hybridized carbons (Fsp3) is 0.350. The molecule has 1 amide bonds. The van der Waals surface area contributed by atoms with Crippen molar-refractivity contribution >= 4 is 6.09 Å². The molecular formula is C20H23NO3. The van der Waals surface area contributed by atoms with Crippen molar-refractivity contribution in [2.45, 2.75) is 31.7 Å². The third kappa shape index (κ3) is 3.53. The van der Waals surface area contributed by atoms with Gasteiger partial charge in [-0.25, -0.2) is 4.79 Å². The van der Waals surface area contributed by atoms with E-state index in [0.717, 1.165) is 18.6 Å². The molecule has 1 N–H and O–H groups in total. The van der Waals surface area contributed by atoms with E-state index < -0.39 is 0 Å². The van der Waals surface area contributed by atoms with Gasteiger partial charge in [0.15, 0.2) is 0 Å². The van der Waals surface area contributed by atoms with Gasteiger partial charge in [-0.2, -0.15) is 0 Å². The van der Waals surface area contributed by atoms with Crippen molar-refractivity contribution in [1.82, 2.24) is 5.32 Å². The Kier molecular flexibility index (Phi) is 5.04. The molecule has 1 aliphatic rings. The Bertz CT molecular complexity index is 696. The standard InChI is InChI=1S/C20H23NO3/c1-3-24-20(22)21-19-13-15-6-4-5-7-17(15)18(19)12-14-8-10-16(23-2)11-9-14/h4-11,18-19H,3,12-13H2,1-2H3,(H,21,22)/t18-,19+/m1/s1. The molecule has 0 spiro atoms. The molecule has 0 aromatic heterocycles. The normalized spacial score (nSPS) is 18.8. The molecule has 1 aliphatic carbocycles. The first-order valence-electron chi connectivity index (χ1n) is 8.35. The molecule has 0 unspecified atom stereocenters. The average Bonchev–Trinajstić information content (AvgIpc) is 2.93. The molecule has 0 aliphatic heterocycles. The van der Waals surface area contributed by atoms with Crippen LogP contribution in [0.5, 0.6) is 5.75 Å². The van der Waals surface area contributed by atoms with Crippen molar-refractivity contribution in [3.63, 3.8) is 0 Å². The van der Waals surface area contributed by atoms with Crippen molar-refractivity contribution in [2.75, 3.05) is 13.7 Å². The summed E-state index contributed by atoms with van der Waals surface area (Å²) in [6, 6.07) is 16.6. The summed E-state index contributed by atoms with van der Waals surface area (Å²) in [6.45, 7) is 2.20. The van der Waals surface area contributed by atoms with E-state index in [1.807, 2.05) is 19.1 Å². The number of hydrogen-bond acceptors (Lipinski definition) is 3. The van der Waals surface area contributed by atoms with Gasteiger partial charge in [-0.1, -0.05) is 36.4 Å².